The Balaban J connectivity index is 1.50. The minimum atomic E-state index is -3.84. The van der Waals surface area contributed by atoms with Crippen molar-refractivity contribution in [3.05, 3.63) is 89.8 Å². The van der Waals surface area contributed by atoms with Gasteiger partial charge >= 0.3 is 0 Å². The summed E-state index contributed by atoms with van der Waals surface area (Å²) in [4.78, 5) is 26.5. The van der Waals surface area contributed by atoms with Gasteiger partial charge in [0.15, 0.2) is 0 Å². The molecule has 0 aliphatic heterocycles. The number of nitrogens with one attached hydrogen (secondary N) is 3. The van der Waals surface area contributed by atoms with Crippen LogP contribution in [0.3, 0.4) is 0 Å². The second kappa shape index (κ2) is 10.6. The summed E-state index contributed by atoms with van der Waals surface area (Å²) in [6.45, 7) is 4.27. The smallest absolute Gasteiger partial charge is 0.253 e. The first-order valence-electron chi connectivity index (χ1n) is 13.6. The average molecular weight is 557 g/mol. The van der Waals surface area contributed by atoms with E-state index in [1.807, 2.05) is 38.2 Å². The first-order valence-corrected chi connectivity index (χ1v) is 15.1. The number of benzene rings is 1. The summed E-state index contributed by atoms with van der Waals surface area (Å²) in [7, 11) is -3.84. The van der Waals surface area contributed by atoms with E-state index >= 15 is 0 Å². The number of hydrogen-bond donors (Lipinski definition) is 3. The maximum atomic E-state index is 13.7. The number of carbonyl (C=O) groups excluding carboxylic acids is 1. The molecule has 1 aromatic carbocycles. The van der Waals surface area contributed by atoms with Crippen LogP contribution in [-0.4, -0.2) is 35.8 Å². The van der Waals surface area contributed by atoms with Gasteiger partial charge in [0.25, 0.3) is 5.91 Å². The van der Waals surface area contributed by atoms with Crippen LogP contribution in [0.4, 0.5) is 5.69 Å². The molecule has 6 rings (SSSR count). The SMILES string of the molecule is CC(C)CNS(=O)(=O)c1cc2c(c3cnc(C4CC4)cc13)[C@@H](Nc1cccnc1)C[C@H]2NC(=O)c1cccnc1. The van der Waals surface area contributed by atoms with Crippen LogP contribution in [0.25, 0.3) is 10.8 Å². The van der Waals surface area contributed by atoms with E-state index in [0.717, 1.165) is 40.7 Å². The number of sulfonamides is 1. The molecule has 0 bridgehead atoms. The highest BCUT2D eigenvalue weighted by Gasteiger charge is 2.37. The summed E-state index contributed by atoms with van der Waals surface area (Å²) in [6, 6.07) is 10.3. The van der Waals surface area contributed by atoms with Crippen LogP contribution in [0.2, 0.25) is 0 Å². The van der Waals surface area contributed by atoms with Gasteiger partial charge in [-0.15, -0.1) is 0 Å². The molecular formula is C30H32N6O3S. The molecule has 3 heterocycles. The summed E-state index contributed by atoms with van der Waals surface area (Å²) < 4.78 is 30.2. The molecule has 206 valence electrons. The standard InChI is InChI=1S/C30H32N6O3S/c1-18(2)14-34-40(38,39)28-12-23-26(36-30(37)20-5-3-9-31-15-20)13-27(35-21-6-4-10-32-16-21)29(23)24-17-33-25(11-22(24)28)19-7-8-19/h3-6,9-12,15-19,26-27,34-35H,7-8,13-14H2,1-2H3,(H,36,37)/t26-,27+/m1/s1. The first kappa shape index (κ1) is 26.3. The predicted molar refractivity (Wildman–Crippen MR) is 153 cm³/mol. The first-order chi connectivity index (χ1) is 19.3. The predicted octanol–water partition coefficient (Wildman–Crippen LogP) is 4.86. The minimum Gasteiger partial charge on any atom is -0.377 e. The van der Waals surface area contributed by atoms with Crippen LogP contribution in [0.5, 0.6) is 0 Å². The topological polar surface area (TPSA) is 126 Å². The largest absolute Gasteiger partial charge is 0.377 e. The average Bonchev–Trinajstić information content (AvgIpc) is 3.76. The third-order valence-electron chi connectivity index (χ3n) is 7.47. The summed E-state index contributed by atoms with van der Waals surface area (Å²) in [5, 5.41) is 8.12. The van der Waals surface area contributed by atoms with E-state index < -0.39 is 16.1 Å². The molecule has 2 aliphatic rings. The Morgan fingerprint density at radius 2 is 1.77 bits per heavy atom. The molecule has 2 aliphatic carbocycles. The second-order valence-corrected chi connectivity index (χ2v) is 12.7. The van der Waals surface area contributed by atoms with Crippen molar-refractivity contribution in [2.75, 3.05) is 11.9 Å². The van der Waals surface area contributed by atoms with Gasteiger partial charge in [-0.3, -0.25) is 19.7 Å². The highest BCUT2D eigenvalue weighted by molar-refractivity contribution is 7.89. The van der Waals surface area contributed by atoms with E-state index in [9.17, 15) is 13.2 Å². The number of anilines is 1. The number of nitrogens with zero attached hydrogens (tertiary/aromatic N) is 3. The number of hydrogen-bond acceptors (Lipinski definition) is 7. The molecule has 1 fully saturated rings. The van der Waals surface area contributed by atoms with Crippen LogP contribution in [0.1, 0.15) is 78.3 Å². The fraction of sp³-hybridized carbons (Fsp3) is 0.333. The second-order valence-electron chi connectivity index (χ2n) is 11.0. The lowest BCUT2D eigenvalue weighted by atomic mass is 9.98. The van der Waals surface area contributed by atoms with Gasteiger partial charge in [-0.25, -0.2) is 13.1 Å². The summed E-state index contributed by atoms with van der Waals surface area (Å²) >= 11 is 0. The monoisotopic (exact) mass is 556 g/mol. The zero-order chi connectivity index (χ0) is 27.9. The minimum absolute atomic E-state index is 0.152. The van der Waals surface area contributed by atoms with E-state index in [-0.39, 0.29) is 22.8 Å². The lowest BCUT2D eigenvalue weighted by Gasteiger charge is -2.19. The van der Waals surface area contributed by atoms with Crippen molar-refractivity contribution in [3.63, 3.8) is 0 Å². The van der Waals surface area contributed by atoms with Gasteiger partial charge in [0.2, 0.25) is 10.0 Å². The van der Waals surface area contributed by atoms with E-state index in [1.54, 1.807) is 36.8 Å². The number of carbonyl (C=O) groups is 1. The van der Waals surface area contributed by atoms with Gasteiger partial charge < -0.3 is 10.6 Å². The molecule has 0 radical (unpaired) electrons. The van der Waals surface area contributed by atoms with E-state index in [4.69, 9.17) is 4.98 Å². The lowest BCUT2D eigenvalue weighted by Crippen LogP contribution is -2.29. The Kier molecular flexibility index (Phi) is 6.97. The molecule has 1 amide bonds. The number of amides is 1. The van der Waals surface area contributed by atoms with Crippen molar-refractivity contribution in [3.8, 4) is 0 Å². The quantitative estimate of drug-likeness (QED) is 0.269. The molecule has 3 aromatic heterocycles. The van der Waals surface area contributed by atoms with Gasteiger partial charge in [0.1, 0.15) is 0 Å². The highest BCUT2D eigenvalue weighted by Crippen LogP contribution is 2.47. The van der Waals surface area contributed by atoms with Crippen molar-refractivity contribution in [1.29, 1.82) is 0 Å². The van der Waals surface area contributed by atoms with Crippen LogP contribution >= 0.6 is 0 Å². The summed E-state index contributed by atoms with van der Waals surface area (Å²) in [5.74, 6) is 0.252. The molecule has 10 heteroatoms. The third-order valence-corrected chi connectivity index (χ3v) is 8.94. The van der Waals surface area contributed by atoms with Crippen molar-refractivity contribution in [2.24, 2.45) is 5.92 Å². The molecule has 0 saturated heterocycles. The Bertz CT molecular complexity index is 1660. The lowest BCUT2D eigenvalue weighted by molar-refractivity contribution is 0.0935. The van der Waals surface area contributed by atoms with Crippen molar-refractivity contribution >= 4 is 32.4 Å². The van der Waals surface area contributed by atoms with Crippen LogP contribution < -0.4 is 15.4 Å². The number of rotatable bonds is 9. The summed E-state index contributed by atoms with van der Waals surface area (Å²) in [5.41, 5.74) is 3.90. The Hall–Kier alpha value is -3.89. The Morgan fingerprint density at radius 3 is 2.45 bits per heavy atom. The number of pyridine rings is 3. The zero-order valence-electron chi connectivity index (χ0n) is 22.5. The van der Waals surface area contributed by atoms with E-state index in [1.165, 1.54) is 6.20 Å². The van der Waals surface area contributed by atoms with Crippen molar-refractivity contribution < 1.29 is 13.2 Å². The third kappa shape index (κ3) is 5.29. The molecule has 3 N–H and O–H groups in total. The highest BCUT2D eigenvalue weighted by atomic mass is 32.2. The molecule has 2 atom stereocenters. The van der Waals surface area contributed by atoms with Gasteiger partial charge in [-0.05, 0) is 72.7 Å². The molecule has 4 aromatic rings. The maximum absolute atomic E-state index is 13.7. The molecule has 0 spiro atoms. The Labute approximate surface area is 233 Å². The molecule has 0 unspecified atom stereocenters. The maximum Gasteiger partial charge on any atom is 0.253 e. The summed E-state index contributed by atoms with van der Waals surface area (Å²) in [6.07, 6.45) is 11.1. The van der Waals surface area contributed by atoms with Crippen LogP contribution in [-0.2, 0) is 10.0 Å². The fourth-order valence-corrected chi connectivity index (χ4v) is 6.78. The molecular weight excluding hydrogens is 524 g/mol. The fourth-order valence-electron chi connectivity index (χ4n) is 5.33. The molecule has 9 nitrogen and oxygen atoms in total. The Morgan fingerprint density at radius 1 is 1.00 bits per heavy atom. The number of fused-ring (bicyclic) bond motifs is 3. The normalized spacial score (nSPS) is 18.6. The van der Waals surface area contributed by atoms with Crippen LogP contribution in [0.15, 0.2) is 72.3 Å². The van der Waals surface area contributed by atoms with Gasteiger partial charge in [-0.2, -0.15) is 0 Å². The van der Waals surface area contributed by atoms with E-state index in [2.05, 4.69) is 25.3 Å². The van der Waals surface area contributed by atoms with Gasteiger partial charge in [-0.1, -0.05) is 13.8 Å². The van der Waals surface area contributed by atoms with Gasteiger partial charge in [0.05, 0.1) is 28.2 Å². The molecule has 1 saturated carbocycles. The molecule has 40 heavy (non-hydrogen) atoms. The van der Waals surface area contributed by atoms with Crippen molar-refractivity contribution in [2.45, 2.75) is 56.0 Å². The number of aromatic nitrogens is 3. The van der Waals surface area contributed by atoms with Crippen molar-refractivity contribution in [1.82, 2.24) is 25.0 Å². The zero-order valence-corrected chi connectivity index (χ0v) is 23.3. The van der Waals surface area contributed by atoms with Crippen LogP contribution in [0, 0.1) is 5.92 Å². The van der Waals surface area contributed by atoms with Gasteiger partial charge in [0, 0.05) is 59.9 Å². The van der Waals surface area contributed by atoms with E-state index in [0.29, 0.717) is 29.8 Å².